The summed E-state index contributed by atoms with van der Waals surface area (Å²) in [5, 5.41) is 0. The van der Waals surface area contributed by atoms with E-state index in [1.54, 1.807) is 0 Å². The van der Waals surface area contributed by atoms with Gasteiger partial charge in [-0.2, -0.15) is 0 Å². The first-order chi connectivity index (χ1) is 7.40. The van der Waals surface area contributed by atoms with E-state index in [-0.39, 0.29) is 11.7 Å². The summed E-state index contributed by atoms with van der Waals surface area (Å²) in [4.78, 5) is 0. The predicted octanol–water partition coefficient (Wildman–Crippen LogP) is 4.04. The highest BCUT2D eigenvalue weighted by molar-refractivity contribution is 5.33. The van der Waals surface area contributed by atoms with E-state index in [0.29, 0.717) is 0 Å². The van der Waals surface area contributed by atoms with Gasteiger partial charge in [-0.3, -0.25) is 0 Å². The zero-order valence-corrected chi connectivity index (χ0v) is 10.9. The summed E-state index contributed by atoms with van der Waals surface area (Å²) in [7, 11) is 0. The first-order valence-corrected chi connectivity index (χ1v) is 5.86. The second-order valence-electron chi connectivity index (χ2n) is 5.03. The fourth-order valence-electron chi connectivity index (χ4n) is 1.28. The highest BCUT2D eigenvalue weighted by atomic mass is 16.5. The van der Waals surface area contributed by atoms with Crippen LogP contribution in [0.2, 0.25) is 0 Å². The largest absolute Gasteiger partial charge is 0.491 e. The Morgan fingerprint density at radius 3 is 2.38 bits per heavy atom. The molecule has 0 fully saturated rings. The fraction of sp³-hybridized carbons (Fsp3) is 0.571. The fourth-order valence-corrected chi connectivity index (χ4v) is 1.28. The van der Waals surface area contributed by atoms with Crippen LogP contribution >= 0.6 is 0 Å². The average Bonchev–Trinajstić information content (AvgIpc) is 2.15. The van der Waals surface area contributed by atoms with Crippen LogP contribution in [-0.2, 0) is 0 Å². The Labute approximate surface area is 98.6 Å². The van der Waals surface area contributed by atoms with Gasteiger partial charge in [-0.15, -0.1) is 0 Å². The van der Waals surface area contributed by atoms with E-state index < -0.39 is 0 Å². The lowest BCUT2D eigenvalue weighted by molar-refractivity contribution is 0.129. The van der Waals surface area contributed by atoms with Crippen LogP contribution in [0.25, 0.3) is 0 Å². The number of ether oxygens (including phenoxy) is 2. The highest BCUT2D eigenvalue weighted by Gasteiger charge is 2.12. The van der Waals surface area contributed by atoms with Crippen molar-refractivity contribution in [1.82, 2.24) is 0 Å². The molecule has 1 atom stereocenters. The van der Waals surface area contributed by atoms with Crippen LogP contribution in [0.5, 0.6) is 11.5 Å². The number of hydrogen-bond acceptors (Lipinski definition) is 2. The molecule has 0 amide bonds. The Balaban J connectivity index is 2.71. The van der Waals surface area contributed by atoms with E-state index >= 15 is 0 Å². The lowest BCUT2D eigenvalue weighted by atomic mass is 10.2. The lowest BCUT2D eigenvalue weighted by Crippen LogP contribution is -2.22. The van der Waals surface area contributed by atoms with Crippen molar-refractivity contribution < 1.29 is 9.47 Å². The molecule has 1 aromatic carbocycles. The molecule has 0 N–H and O–H groups in total. The van der Waals surface area contributed by atoms with Gasteiger partial charge in [0.15, 0.2) is 0 Å². The summed E-state index contributed by atoms with van der Waals surface area (Å²) in [6.07, 6.45) is 1.24. The minimum atomic E-state index is -0.172. The standard InChI is InChI=1S/C14H22O2/c1-6-11(2)15-12-8-7-9-13(10-12)16-14(3,4)5/h7-11H,6H2,1-5H3. The molecule has 1 aromatic rings. The van der Waals surface area contributed by atoms with Gasteiger partial charge in [0.25, 0.3) is 0 Å². The van der Waals surface area contributed by atoms with Crippen LogP contribution in [0.3, 0.4) is 0 Å². The zero-order valence-electron chi connectivity index (χ0n) is 10.9. The summed E-state index contributed by atoms with van der Waals surface area (Å²) in [6, 6.07) is 7.81. The minimum absolute atomic E-state index is 0.172. The first-order valence-electron chi connectivity index (χ1n) is 5.86. The molecule has 0 saturated heterocycles. The molecule has 0 bridgehead atoms. The van der Waals surface area contributed by atoms with Crippen molar-refractivity contribution >= 4 is 0 Å². The van der Waals surface area contributed by atoms with Crippen molar-refractivity contribution in [3.8, 4) is 11.5 Å². The summed E-state index contributed by atoms with van der Waals surface area (Å²) in [5.74, 6) is 1.73. The molecule has 0 aromatic heterocycles. The molecule has 0 aliphatic rings. The van der Waals surface area contributed by atoms with Gasteiger partial charge < -0.3 is 9.47 Å². The van der Waals surface area contributed by atoms with Crippen molar-refractivity contribution in [3.05, 3.63) is 24.3 Å². The Kier molecular flexibility index (Phi) is 4.22. The van der Waals surface area contributed by atoms with E-state index in [2.05, 4.69) is 13.8 Å². The Bertz CT molecular complexity index is 326. The van der Waals surface area contributed by atoms with E-state index in [0.717, 1.165) is 17.9 Å². The van der Waals surface area contributed by atoms with Crippen LogP contribution in [-0.4, -0.2) is 11.7 Å². The maximum atomic E-state index is 5.78. The van der Waals surface area contributed by atoms with Gasteiger partial charge in [0.1, 0.15) is 17.1 Å². The summed E-state index contributed by atoms with van der Waals surface area (Å²) in [5.41, 5.74) is -0.172. The molecule has 0 heterocycles. The summed E-state index contributed by atoms with van der Waals surface area (Å²) < 4.78 is 11.5. The number of rotatable bonds is 4. The van der Waals surface area contributed by atoms with Crippen LogP contribution in [0.15, 0.2) is 24.3 Å². The summed E-state index contributed by atoms with van der Waals surface area (Å²) in [6.45, 7) is 10.3. The van der Waals surface area contributed by atoms with Crippen LogP contribution in [0, 0.1) is 0 Å². The van der Waals surface area contributed by atoms with E-state index in [1.165, 1.54) is 0 Å². The molecular formula is C14H22O2. The SMILES string of the molecule is CCC(C)Oc1cccc(OC(C)(C)C)c1. The zero-order chi connectivity index (χ0) is 12.2. The van der Waals surface area contributed by atoms with Crippen molar-refractivity contribution in [2.24, 2.45) is 0 Å². The molecule has 90 valence electrons. The van der Waals surface area contributed by atoms with Gasteiger partial charge in [-0.05, 0) is 46.2 Å². The molecule has 0 spiro atoms. The van der Waals surface area contributed by atoms with Crippen molar-refractivity contribution in [2.75, 3.05) is 0 Å². The third-order valence-electron chi connectivity index (χ3n) is 2.14. The van der Waals surface area contributed by atoms with Gasteiger partial charge in [0.05, 0.1) is 6.10 Å². The van der Waals surface area contributed by atoms with Gasteiger partial charge in [-0.25, -0.2) is 0 Å². The van der Waals surface area contributed by atoms with E-state index in [9.17, 15) is 0 Å². The molecule has 16 heavy (non-hydrogen) atoms. The topological polar surface area (TPSA) is 18.5 Å². The maximum Gasteiger partial charge on any atom is 0.123 e. The van der Waals surface area contributed by atoms with Crippen molar-refractivity contribution in [2.45, 2.75) is 52.7 Å². The van der Waals surface area contributed by atoms with Crippen molar-refractivity contribution in [3.63, 3.8) is 0 Å². The van der Waals surface area contributed by atoms with Crippen molar-refractivity contribution in [1.29, 1.82) is 0 Å². The Morgan fingerprint density at radius 2 is 1.81 bits per heavy atom. The molecule has 0 aliphatic heterocycles. The highest BCUT2D eigenvalue weighted by Crippen LogP contribution is 2.24. The van der Waals surface area contributed by atoms with Gasteiger partial charge >= 0.3 is 0 Å². The van der Waals surface area contributed by atoms with Crippen LogP contribution in [0.1, 0.15) is 41.0 Å². The predicted molar refractivity (Wildman–Crippen MR) is 67.2 cm³/mol. The molecule has 0 radical (unpaired) electrons. The second-order valence-corrected chi connectivity index (χ2v) is 5.03. The monoisotopic (exact) mass is 222 g/mol. The van der Waals surface area contributed by atoms with Gasteiger partial charge in [-0.1, -0.05) is 13.0 Å². The molecule has 0 saturated carbocycles. The number of hydrogen-bond donors (Lipinski definition) is 0. The maximum absolute atomic E-state index is 5.78. The summed E-state index contributed by atoms with van der Waals surface area (Å²) >= 11 is 0. The number of benzene rings is 1. The van der Waals surface area contributed by atoms with E-state index in [1.807, 2.05) is 45.0 Å². The van der Waals surface area contributed by atoms with Gasteiger partial charge in [0, 0.05) is 6.07 Å². The smallest absolute Gasteiger partial charge is 0.123 e. The quantitative estimate of drug-likeness (QED) is 0.765. The average molecular weight is 222 g/mol. The van der Waals surface area contributed by atoms with Gasteiger partial charge in [0.2, 0.25) is 0 Å². The first kappa shape index (κ1) is 12.9. The lowest BCUT2D eigenvalue weighted by Gasteiger charge is -2.22. The molecule has 0 aliphatic carbocycles. The van der Waals surface area contributed by atoms with E-state index in [4.69, 9.17) is 9.47 Å². The Morgan fingerprint density at radius 1 is 1.19 bits per heavy atom. The second kappa shape index (κ2) is 5.24. The minimum Gasteiger partial charge on any atom is -0.491 e. The Hall–Kier alpha value is -1.18. The third-order valence-corrected chi connectivity index (χ3v) is 2.14. The van der Waals surface area contributed by atoms with Crippen LogP contribution < -0.4 is 9.47 Å². The molecule has 2 nitrogen and oxygen atoms in total. The van der Waals surface area contributed by atoms with Crippen LogP contribution in [0.4, 0.5) is 0 Å². The molecule has 1 unspecified atom stereocenters. The third kappa shape index (κ3) is 4.56. The normalized spacial score (nSPS) is 13.3. The molecule has 1 rings (SSSR count). The molecule has 2 heteroatoms. The molecular weight excluding hydrogens is 200 g/mol.